The molecule has 2 nitrogen and oxygen atoms in total. The van der Waals surface area contributed by atoms with Gasteiger partial charge in [0.15, 0.2) is 0 Å². The maximum Gasteiger partial charge on any atom is 0.0991 e. The number of fused-ring (bicyclic) bond motifs is 4. The van der Waals surface area contributed by atoms with Crippen LogP contribution in [-0.4, -0.2) is 6.21 Å². The van der Waals surface area contributed by atoms with E-state index < -0.39 is 0 Å². The molecular formula is C13H8N2. The second-order valence-corrected chi connectivity index (χ2v) is 3.70. The average Bonchev–Trinajstić information content (AvgIpc) is 2.29. The van der Waals surface area contributed by atoms with Crippen LogP contribution in [0.3, 0.4) is 0 Å². The van der Waals surface area contributed by atoms with Crippen molar-refractivity contribution < 1.29 is 0 Å². The Morgan fingerprint density at radius 2 is 2.27 bits per heavy atom. The van der Waals surface area contributed by atoms with Gasteiger partial charge in [-0.05, 0) is 41.0 Å². The van der Waals surface area contributed by atoms with Crippen molar-refractivity contribution in [2.75, 3.05) is 0 Å². The third-order valence-corrected chi connectivity index (χ3v) is 2.74. The van der Waals surface area contributed by atoms with E-state index in [1.807, 2.05) is 30.5 Å². The third kappa shape index (κ3) is 1.21. The monoisotopic (exact) mass is 192 g/mol. The van der Waals surface area contributed by atoms with Gasteiger partial charge in [-0.15, -0.1) is 0 Å². The summed E-state index contributed by atoms with van der Waals surface area (Å²) in [6, 6.07) is 7.96. The van der Waals surface area contributed by atoms with Crippen LogP contribution in [0, 0.1) is 11.3 Å². The number of hydrogen-bond acceptors (Lipinski definition) is 2. The van der Waals surface area contributed by atoms with Crippen LogP contribution in [-0.2, 0) is 0 Å². The molecule has 2 bridgehead atoms. The lowest BCUT2D eigenvalue weighted by Gasteiger charge is -2.19. The van der Waals surface area contributed by atoms with Gasteiger partial charge in [-0.25, -0.2) is 0 Å². The largest absolute Gasteiger partial charge is 0.261 e. The minimum absolute atomic E-state index is 0.717. The molecular weight excluding hydrogens is 184 g/mol. The van der Waals surface area contributed by atoms with Crippen LogP contribution in [0.1, 0.15) is 23.1 Å². The molecule has 1 aliphatic carbocycles. The Morgan fingerprint density at radius 3 is 3.13 bits per heavy atom. The van der Waals surface area contributed by atoms with Gasteiger partial charge in [0.25, 0.3) is 0 Å². The van der Waals surface area contributed by atoms with Crippen molar-refractivity contribution in [3.8, 4) is 6.07 Å². The molecule has 2 heteroatoms. The van der Waals surface area contributed by atoms with Gasteiger partial charge in [-0.1, -0.05) is 6.07 Å². The topological polar surface area (TPSA) is 36.1 Å². The molecule has 0 N–H and O–H groups in total. The van der Waals surface area contributed by atoms with E-state index in [1.54, 1.807) is 0 Å². The van der Waals surface area contributed by atoms with Crippen molar-refractivity contribution in [1.82, 2.24) is 0 Å². The first kappa shape index (κ1) is 8.19. The standard InChI is InChI=1S/C13H8N2/c14-8-9-1-2-10-6-12-7-11(3-4-15-12)13(10)5-9/h1-6H,7H2. The number of aliphatic imine (C=N–C) groups is 1. The van der Waals surface area contributed by atoms with Crippen LogP contribution >= 0.6 is 0 Å². The first-order valence-corrected chi connectivity index (χ1v) is 4.85. The zero-order chi connectivity index (χ0) is 10.3. The Bertz CT molecular complexity index is 569. The van der Waals surface area contributed by atoms with Crippen LogP contribution in [0.5, 0.6) is 0 Å². The molecule has 1 aliphatic heterocycles. The van der Waals surface area contributed by atoms with Gasteiger partial charge in [0.1, 0.15) is 0 Å². The van der Waals surface area contributed by atoms with Crippen molar-refractivity contribution in [1.29, 1.82) is 5.26 Å². The minimum atomic E-state index is 0.717. The second kappa shape index (κ2) is 2.93. The molecule has 2 aliphatic rings. The van der Waals surface area contributed by atoms with E-state index in [4.69, 9.17) is 5.26 Å². The number of dihydropyridines is 1. The van der Waals surface area contributed by atoms with Gasteiger partial charge in [-0.2, -0.15) is 5.26 Å². The summed E-state index contributed by atoms with van der Waals surface area (Å²) < 4.78 is 0. The molecule has 1 aromatic carbocycles. The summed E-state index contributed by atoms with van der Waals surface area (Å²) in [5.74, 6) is 0. The first-order chi connectivity index (χ1) is 7.36. The summed E-state index contributed by atoms with van der Waals surface area (Å²) in [5, 5.41) is 8.85. The zero-order valence-corrected chi connectivity index (χ0v) is 8.07. The molecule has 1 heterocycles. The quantitative estimate of drug-likeness (QED) is 0.622. The van der Waals surface area contributed by atoms with Crippen LogP contribution in [0.4, 0.5) is 0 Å². The summed E-state index contributed by atoms with van der Waals surface area (Å²) >= 11 is 0. The lowest BCUT2D eigenvalue weighted by Crippen LogP contribution is -2.01. The molecule has 0 atom stereocenters. The number of hydrogen-bond donors (Lipinski definition) is 0. The Morgan fingerprint density at radius 1 is 1.33 bits per heavy atom. The maximum absolute atomic E-state index is 8.85. The van der Waals surface area contributed by atoms with E-state index in [2.05, 4.69) is 17.1 Å². The molecule has 0 spiro atoms. The van der Waals surface area contributed by atoms with Crippen molar-refractivity contribution in [2.45, 2.75) is 6.42 Å². The molecule has 15 heavy (non-hydrogen) atoms. The number of nitriles is 1. The van der Waals surface area contributed by atoms with Crippen molar-refractivity contribution in [3.63, 3.8) is 0 Å². The van der Waals surface area contributed by atoms with Crippen molar-refractivity contribution in [3.05, 3.63) is 46.7 Å². The van der Waals surface area contributed by atoms with Gasteiger partial charge in [0.05, 0.1) is 11.6 Å². The van der Waals surface area contributed by atoms with Gasteiger partial charge >= 0.3 is 0 Å². The van der Waals surface area contributed by atoms with Crippen LogP contribution in [0.25, 0.3) is 11.6 Å². The summed E-state index contributed by atoms with van der Waals surface area (Å²) in [4.78, 5) is 4.29. The van der Waals surface area contributed by atoms with E-state index in [-0.39, 0.29) is 0 Å². The van der Waals surface area contributed by atoms with E-state index in [0.29, 0.717) is 5.56 Å². The van der Waals surface area contributed by atoms with Crippen molar-refractivity contribution in [2.24, 2.45) is 4.99 Å². The van der Waals surface area contributed by atoms with Gasteiger partial charge < -0.3 is 0 Å². The summed E-state index contributed by atoms with van der Waals surface area (Å²) in [7, 11) is 0. The molecule has 70 valence electrons. The number of benzene rings is 1. The molecule has 0 aromatic heterocycles. The van der Waals surface area contributed by atoms with Crippen LogP contribution < -0.4 is 0 Å². The average molecular weight is 192 g/mol. The number of allylic oxidation sites excluding steroid dienone is 2. The highest BCUT2D eigenvalue weighted by atomic mass is 14.7. The zero-order valence-electron chi connectivity index (χ0n) is 8.07. The van der Waals surface area contributed by atoms with Crippen LogP contribution in [0.2, 0.25) is 0 Å². The van der Waals surface area contributed by atoms with E-state index >= 15 is 0 Å². The Hall–Kier alpha value is -2.14. The van der Waals surface area contributed by atoms with E-state index in [0.717, 1.165) is 12.1 Å². The molecule has 3 rings (SSSR count). The normalized spacial score (nSPS) is 16.2. The minimum Gasteiger partial charge on any atom is -0.261 e. The summed E-state index contributed by atoms with van der Waals surface area (Å²) in [5.41, 5.74) is 5.41. The third-order valence-electron chi connectivity index (χ3n) is 2.74. The predicted molar refractivity (Wildman–Crippen MR) is 60.2 cm³/mol. The molecule has 0 saturated carbocycles. The Balaban J connectivity index is 2.27. The summed E-state index contributed by atoms with van der Waals surface area (Å²) in [6.07, 6.45) is 6.82. The molecule has 0 unspecified atom stereocenters. The lowest BCUT2D eigenvalue weighted by molar-refractivity contribution is 1.16. The van der Waals surface area contributed by atoms with Gasteiger partial charge in [0, 0.05) is 18.3 Å². The van der Waals surface area contributed by atoms with E-state index in [1.165, 1.54) is 16.7 Å². The van der Waals surface area contributed by atoms with Gasteiger partial charge in [-0.3, -0.25) is 4.99 Å². The molecule has 0 saturated heterocycles. The fourth-order valence-electron chi connectivity index (χ4n) is 2.01. The Kier molecular flexibility index (Phi) is 1.60. The smallest absolute Gasteiger partial charge is 0.0991 e. The fourth-order valence-corrected chi connectivity index (χ4v) is 2.01. The highest BCUT2D eigenvalue weighted by molar-refractivity contribution is 5.94. The Labute approximate surface area is 87.9 Å². The van der Waals surface area contributed by atoms with Crippen molar-refractivity contribution >= 4 is 17.9 Å². The highest BCUT2D eigenvalue weighted by Crippen LogP contribution is 2.35. The van der Waals surface area contributed by atoms with Crippen LogP contribution in [0.15, 0.2) is 35.0 Å². The molecule has 0 fully saturated rings. The van der Waals surface area contributed by atoms with Gasteiger partial charge in [0.2, 0.25) is 0 Å². The number of rotatable bonds is 0. The molecule has 1 aromatic rings. The second-order valence-electron chi connectivity index (χ2n) is 3.70. The highest BCUT2D eigenvalue weighted by Gasteiger charge is 2.16. The maximum atomic E-state index is 8.85. The fraction of sp³-hybridized carbons (Fsp3) is 0.0769. The molecule has 0 amide bonds. The first-order valence-electron chi connectivity index (χ1n) is 4.85. The number of nitrogens with zero attached hydrogens (tertiary/aromatic N) is 2. The van der Waals surface area contributed by atoms with E-state index in [9.17, 15) is 0 Å². The predicted octanol–water partition coefficient (Wildman–Crippen LogP) is 2.77. The SMILES string of the molecule is N#Cc1ccc2c(c1)C1=CC=NC(=C2)C1. The molecule has 0 radical (unpaired) electrons. The summed E-state index contributed by atoms with van der Waals surface area (Å²) in [6.45, 7) is 0. The lowest BCUT2D eigenvalue weighted by atomic mass is 9.88.